The van der Waals surface area contributed by atoms with Gasteiger partial charge in [0.2, 0.25) is 0 Å². The zero-order valence-electron chi connectivity index (χ0n) is 12.4. The summed E-state index contributed by atoms with van der Waals surface area (Å²) >= 11 is 0. The molecule has 1 aliphatic heterocycles. The lowest BCUT2D eigenvalue weighted by Crippen LogP contribution is -2.32. The van der Waals surface area contributed by atoms with Crippen molar-refractivity contribution in [3.63, 3.8) is 0 Å². The molecular weight excluding hydrogens is 341 g/mol. The summed E-state index contributed by atoms with van der Waals surface area (Å²) in [5.41, 5.74) is 0.289. The zero-order chi connectivity index (χ0) is 16.8. The summed E-state index contributed by atoms with van der Waals surface area (Å²) < 4.78 is 42.9. The molecule has 0 amide bonds. The second-order valence-corrected chi connectivity index (χ2v) is 8.15. The molecule has 0 N–H and O–H groups in total. The van der Waals surface area contributed by atoms with Crippen LogP contribution in [0, 0.1) is 5.82 Å². The minimum absolute atomic E-state index is 0.0801. The summed E-state index contributed by atoms with van der Waals surface area (Å²) in [5.74, 6) is -0.117. The Hall–Kier alpha value is -1.92. The molecular formula is C16H13ClFNO3S. The molecule has 0 bridgehead atoms. The highest BCUT2D eigenvalue weighted by molar-refractivity contribution is 8.13. The Kier molecular flexibility index (Phi) is 3.69. The van der Waals surface area contributed by atoms with E-state index in [0.717, 1.165) is 0 Å². The largest absolute Gasteiger partial charge is 0.466 e. The maximum atomic E-state index is 14.1. The lowest BCUT2D eigenvalue weighted by molar-refractivity contribution is 0.115. The first-order valence-corrected chi connectivity index (χ1v) is 9.11. The molecule has 0 saturated carbocycles. The Morgan fingerprint density at radius 3 is 2.48 bits per heavy atom. The van der Waals surface area contributed by atoms with Crippen molar-refractivity contribution < 1.29 is 17.5 Å². The van der Waals surface area contributed by atoms with Crippen LogP contribution < -0.4 is 4.74 Å². The number of nitrogens with zero attached hydrogens (tertiary/aromatic N) is 1. The van der Waals surface area contributed by atoms with Crippen molar-refractivity contribution in [2.45, 2.75) is 24.5 Å². The fourth-order valence-corrected chi connectivity index (χ4v) is 3.18. The van der Waals surface area contributed by atoms with Crippen molar-refractivity contribution in [3.05, 3.63) is 59.4 Å². The molecule has 0 unspecified atom stereocenters. The highest BCUT2D eigenvalue weighted by Crippen LogP contribution is 2.35. The predicted octanol–water partition coefficient (Wildman–Crippen LogP) is 3.72. The van der Waals surface area contributed by atoms with Gasteiger partial charge in [0.25, 0.3) is 9.05 Å². The molecule has 23 heavy (non-hydrogen) atoms. The van der Waals surface area contributed by atoms with Gasteiger partial charge in [0.1, 0.15) is 11.6 Å². The number of benzene rings is 2. The Balaban J connectivity index is 2.24. The van der Waals surface area contributed by atoms with Crippen LogP contribution >= 0.6 is 10.7 Å². The number of ether oxygens (including phenoxy) is 1. The quantitative estimate of drug-likeness (QED) is 0.773. The van der Waals surface area contributed by atoms with Crippen molar-refractivity contribution in [1.29, 1.82) is 0 Å². The van der Waals surface area contributed by atoms with E-state index in [1.54, 1.807) is 32.0 Å². The SMILES string of the molecule is CC1(C)N=C(c2ccccc2F)c2ccc(S(=O)(=O)Cl)cc2O1. The van der Waals surface area contributed by atoms with Crippen molar-refractivity contribution in [1.82, 2.24) is 0 Å². The van der Waals surface area contributed by atoms with E-state index in [0.29, 0.717) is 22.6 Å². The lowest BCUT2D eigenvalue weighted by Gasteiger charge is -2.30. The highest BCUT2D eigenvalue weighted by atomic mass is 35.7. The van der Waals surface area contributed by atoms with Gasteiger partial charge >= 0.3 is 0 Å². The van der Waals surface area contributed by atoms with Crippen LogP contribution in [0.5, 0.6) is 5.75 Å². The van der Waals surface area contributed by atoms with Gasteiger partial charge in [0, 0.05) is 27.9 Å². The van der Waals surface area contributed by atoms with Gasteiger partial charge in [-0.25, -0.2) is 17.8 Å². The third-order valence-corrected chi connectivity index (χ3v) is 4.71. The fraction of sp³-hybridized carbons (Fsp3) is 0.188. The minimum Gasteiger partial charge on any atom is -0.466 e. The van der Waals surface area contributed by atoms with Crippen LogP contribution in [0.2, 0.25) is 0 Å². The van der Waals surface area contributed by atoms with Gasteiger partial charge in [0.05, 0.1) is 10.6 Å². The number of hydrogen-bond acceptors (Lipinski definition) is 4. The Labute approximate surface area is 138 Å². The predicted molar refractivity (Wildman–Crippen MR) is 86.2 cm³/mol. The van der Waals surface area contributed by atoms with Crippen LogP contribution in [-0.4, -0.2) is 19.9 Å². The monoisotopic (exact) mass is 353 g/mol. The van der Waals surface area contributed by atoms with E-state index in [1.165, 1.54) is 24.3 Å². The first-order chi connectivity index (χ1) is 10.7. The molecule has 0 radical (unpaired) electrons. The standard InChI is InChI=1S/C16H13ClFNO3S/c1-16(2)19-15(11-5-3-4-6-13(11)18)12-8-7-10(23(17,20)21)9-14(12)22-16/h3-9H,1-2H3. The Morgan fingerprint density at radius 1 is 1.13 bits per heavy atom. The molecule has 0 spiro atoms. The van der Waals surface area contributed by atoms with Gasteiger partial charge < -0.3 is 4.74 Å². The molecule has 0 fully saturated rings. The highest BCUT2D eigenvalue weighted by Gasteiger charge is 2.30. The summed E-state index contributed by atoms with van der Waals surface area (Å²) in [4.78, 5) is 4.37. The van der Waals surface area contributed by atoms with Gasteiger partial charge in [-0.3, -0.25) is 0 Å². The van der Waals surface area contributed by atoms with E-state index < -0.39 is 20.6 Å². The molecule has 2 aromatic rings. The van der Waals surface area contributed by atoms with Crippen LogP contribution in [0.15, 0.2) is 52.4 Å². The van der Waals surface area contributed by atoms with Crippen LogP contribution in [-0.2, 0) is 9.05 Å². The van der Waals surface area contributed by atoms with Gasteiger partial charge in [-0.05, 0) is 38.1 Å². The van der Waals surface area contributed by atoms with Gasteiger partial charge in [-0.1, -0.05) is 12.1 Å². The van der Waals surface area contributed by atoms with Crippen LogP contribution in [0.3, 0.4) is 0 Å². The van der Waals surface area contributed by atoms with Gasteiger partial charge in [0.15, 0.2) is 5.72 Å². The van der Waals surface area contributed by atoms with Crippen LogP contribution in [0.4, 0.5) is 4.39 Å². The third kappa shape index (κ3) is 3.09. The summed E-state index contributed by atoms with van der Waals surface area (Å²) in [5, 5.41) is 0. The summed E-state index contributed by atoms with van der Waals surface area (Å²) in [7, 11) is 1.49. The molecule has 4 nitrogen and oxygen atoms in total. The summed E-state index contributed by atoms with van der Waals surface area (Å²) in [6, 6.07) is 10.5. The minimum atomic E-state index is -3.89. The first kappa shape index (κ1) is 16.0. The van der Waals surface area contributed by atoms with E-state index in [1.807, 2.05) is 0 Å². The third-order valence-electron chi connectivity index (χ3n) is 3.36. The molecule has 1 aliphatic rings. The maximum absolute atomic E-state index is 14.1. The van der Waals surface area contributed by atoms with E-state index in [4.69, 9.17) is 15.4 Å². The fourth-order valence-electron chi connectivity index (χ4n) is 2.41. The Morgan fingerprint density at radius 2 is 1.83 bits per heavy atom. The average molecular weight is 354 g/mol. The van der Waals surface area contributed by atoms with Crippen molar-refractivity contribution in [3.8, 4) is 5.75 Å². The Bertz CT molecular complexity index is 923. The number of aliphatic imine (C=N–C) groups is 1. The molecule has 120 valence electrons. The molecule has 1 heterocycles. The van der Waals surface area contributed by atoms with E-state index in [-0.39, 0.29) is 4.90 Å². The number of rotatable bonds is 2. The van der Waals surface area contributed by atoms with Gasteiger partial charge in [-0.2, -0.15) is 0 Å². The molecule has 0 aliphatic carbocycles. The molecule has 0 saturated heterocycles. The zero-order valence-corrected chi connectivity index (χ0v) is 14.0. The maximum Gasteiger partial charge on any atom is 0.261 e. The van der Waals surface area contributed by atoms with E-state index in [2.05, 4.69) is 4.99 Å². The van der Waals surface area contributed by atoms with Crippen molar-refractivity contribution in [2.75, 3.05) is 0 Å². The lowest BCUT2D eigenvalue weighted by atomic mass is 9.98. The molecule has 3 rings (SSSR count). The number of hydrogen-bond donors (Lipinski definition) is 0. The second-order valence-electron chi connectivity index (χ2n) is 5.58. The summed E-state index contributed by atoms with van der Waals surface area (Å²) in [6.45, 7) is 3.41. The number of fused-ring (bicyclic) bond motifs is 1. The van der Waals surface area contributed by atoms with E-state index in [9.17, 15) is 12.8 Å². The average Bonchev–Trinajstić information content (AvgIpc) is 2.44. The molecule has 2 aromatic carbocycles. The van der Waals surface area contributed by atoms with E-state index >= 15 is 0 Å². The molecule has 0 atom stereocenters. The van der Waals surface area contributed by atoms with Crippen LogP contribution in [0.1, 0.15) is 25.0 Å². The second kappa shape index (κ2) is 5.32. The smallest absolute Gasteiger partial charge is 0.261 e. The molecule has 0 aromatic heterocycles. The summed E-state index contributed by atoms with van der Waals surface area (Å²) in [6.07, 6.45) is 0. The van der Waals surface area contributed by atoms with Crippen molar-refractivity contribution >= 4 is 25.4 Å². The normalized spacial score (nSPS) is 16.3. The van der Waals surface area contributed by atoms with Crippen molar-refractivity contribution in [2.24, 2.45) is 4.99 Å². The van der Waals surface area contributed by atoms with Gasteiger partial charge in [-0.15, -0.1) is 0 Å². The topological polar surface area (TPSA) is 55.7 Å². The molecule has 7 heteroatoms. The van der Waals surface area contributed by atoms with Crippen LogP contribution in [0.25, 0.3) is 0 Å². The number of halogens is 2. The first-order valence-electron chi connectivity index (χ1n) is 6.80.